The molecule has 2 heterocycles. The maximum Gasteiger partial charge on any atom is 0.187 e. The second-order valence-electron chi connectivity index (χ2n) is 8.09. The van der Waals surface area contributed by atoms with Crippen LogP contribution in [0, 0.1) is 0 Å². The minimum atomic E-state index is -1.96. The Morgan fingerprint density at radius 3 is 1.71 bits per heavy atom. The lowest BCUT2D eigenvalue weighted by atomic mass is 9.97. The molecule has 34 heavy (non-hydrogen) atoms. The van der Waals surface area contributed by atoms with Crippen LogP contribution >= 0.6 is 0 Å². The Morgan fingerprint density at radius 1 is 0.618 bits per heavy atom. The van der Waals surface area contributed by atoms with Crippen LogP contribution in [-0.2, 0) is 18.9 Å². The molecule has 14 atom stereocenters. The van der Waals surface area contributed by atoms with Gasteiger partial charge in [-0.15, -0.1) is 0 Å². The van der Waals surface area contributed by atoms with Gasteiger partial charge in [0.05, 0.1) is 26.4 Å². The summed E-state index contributed by atoms with van der Waals surface area (Å²) in [7, 11) is 0. The van der Waals surface area contributed by atoms with Crippen LogP contribution in [0.25, 0.3) is 0 Å². The minimum Gasteiger partial charge on any atom is -0.394 e. The number of aliphatic hydroxyl groups is 12. The summed E-state index contributed by atoms with van der Waals surface area (Å²) < 4.78 is 21.1. The SMILES string of the molecule is OC[C@@H](O)[C@H](O)[C@H](O)[C@H](CO)O[C@H]1O[C@H](CO)[C@@H](O[C@@H]2O[C@H](CO)[C@@H](O)[C@H](O)[C@@H]2O)[C@H](O)[C@H]1O. The summed E-state index contributed by atoms with van der Waals surface area (Å²) in [5.41, 5.74) is 0. The Morgan fingerprint density at radius 2 is 1.18 bits per heavy atom. The summed E-state index contributed by atoms with van der Waals surface area (Å²) in [6, 6.07) is 0. The molecule has 0 saturated carbocycles. The molecular weight excluding hydrogens is 472 g/mol. The van der Waals surface area contributed by atoms with Gasteiger partial charge in [-0.2, -0.15) is 0 Å². The van der Waals surface area contributed by atoms with Crippen LogP contribution in [0.2, 0.25) is 0 Å². The van der Waals surface area contributed by atoms with E-state index in [1.54, 1.807) is 0 Å². The van der Waals surface area contributed by atoms with Gasteiger partial charge in [0, 0.05) is 0 Å². The fourth-order valence-corrected chi connectivity index (χ4v) is 3.63. The average Bonchev–Trinajstić information content (AvgIpc) is 2.84. The minimum absolute atomic E-state index is 0.752. The van der Waals surface area contributed by atoms with Crippen LogP contribution in [0.15, 0.2) is 0 Å². The van der Waals surface area contributed by atoms with Crippen molar-refractivity contribution in [3.05, 3.63) is 0 Å². The third-order valence-corrected chi connectivity index (χ3v) is 5.76. The Bertz CT molecular complexity index is 594. The van der Waals surface area contributed by atoms with Gasteiger partial charge in [-0.25, -0.2) is 0 Å². The maximum absolute atomic E-state index is 10.5. The molecule has 0 aromatic heterocycles. The van der Waals surface area contributed by atoms with E-state index in [9.17, 15) is 56.2 Å². The first-order valence-corrected chi connectivity index (χ1v) is 10.5. The Hall–Kier alpha value is -0.640. The number of aliphatic hydroxyl groups excluding tert-OH is 12. The van der Waals surface area contributed by atoms with E-state index in [-0.39, 0.29) is 0 Å². The summed E-state index contributed by atoms with van der Waals surface area (Å²) in [6.45, 7) is -3.46. The number of hydrogen-bond acceptors (Lipinski definition) is 16. The van der Waals surface area contributed by atoms with Crippen LogP contribution < -0.4 is 0 Å². The normalized spacial score (nSPS) is 42.7. The lowest BCUT2D eigenvalue weighted by Gasteiger charge is -2.46. The van der Waals surface area contributed by atoms with Gasteiger partial charge in [-0.05, 0) is 0 Å². The van der Waals surface area contributed by atoms with Crippen molar-refractivity contribution in [2.45, 2.75) is 85.8 Å². The van der Waals surface area contributed by atoms with Crippen molar-refractivity contribution in [1.82, 2.24) is 0 Å². The van der Waals surface area contributed by atoms with E-state index in [1.165, 1.54) is 0 Å². The molecule has 2 rings (SSSR count). The van der Waals surface area contributed by atoms with Gasteiger partial charge in [-0.1, -0.05) is 0 Å². The second kappa shape index (κ2) is 13.1. The molecule has 0 spiro atoms. The molecule has 202 valence electrons. The first kappa shape index (κ1) is 29.6. The van der Waals surface area contributed by atoms with Crippen LogP contribution in [0.1, 0.15) is 0 Å². The maximum atomic E-state index is 10.5. The zero-order valence-corrected chi connectivity index (χ0v) is 17.9. The van der Waals surface area contributed by atoms with E-state index in [0.29, 0.717) is 0 Å². The van der Waals surface area contributed by atoms with Gasteiger partial charge in [0.1, 0.15) is 73.2 Å². The molecule has 0 radical (unpaired) electrons. The van der Waals surface area contributed by atoms with Crippen molar-refractivity contribution < 1.29 is 80.2 Å². The van der Waals surface area contributed by atoms with Crippen molar-refractivity contribution >= 4 is 0 Å². The van der Waals surface area contributed by atoms with Gasteiger partial charge in [0.15, 0.2) is 12.6 Å². The van der Waals surface area contributed by atoms with Gasteiger partial charge >= 0.3 is 0 Å². The largest absolute Gasteiger partial charge is 0.394 e. The van der Waals surface area contributed by atoms with Crippen LogP contribution in [0.5, 0.6) is 0 Å². The molecule has 2 saturated heterocycles. The van der Waals surface area contributed by atoms with Gasteiger partial charge < -0.3 is 80.2 Å². The fraction of sp³-hybridized carbons (Fsp3) is 1.00. The van der Waals surface area contributed by atoms with Crippen molar-refractivity contribution in [2.75, 3.05) is 26.4 Å². The molecule has 16 heteroatoms. The van der Waals surface area contributed by atoms with E-state index < -0.39 is 112 Å². The Balaban J connectivity index is 2.11. The Kier molecular flexibility index (Phi) is 11.4. The summed E-state index contributed by atoms with van der Waals surface area (Å²) in [6.07, 6.45) is -24.4. The zero-order valence-electron chi connectivity index (χ0n) is 17.9. The van der Waals surface area contributed by atoms with Gasteiger partial charge in [0.25, 0.3) is 0 Å². The monoisotopic (exact) mass is 506 g/mol. The number of hydrogen-bond donors (Lipinski definition) is 12. The molecule has 0 unspecified atom stereocenters. The summed E-state index contributed by atoms with van der Waals surface area (Å²) >= 11 is 0. The van der Waals surface area contributed by atoms with Crippen LogP contribution in [-0.4, -0.2) is 174 Å². The molecule has 0 amide bonds. The fourth-order valence-electron chi connectivity index (χ4n) is 3.63. The molecule has 0 bridgehead atoms. The summed E-state index contributed by atoms with van der Waals surface area (Å²) in [5, 5.41) is 117. The molecular formula is C18H34O16. The summed E-state index contributed by atoms with van der Waals surface area (Å²) in [5.74, 6) is 0. The second-order valence-corrected chi connectivity index (χ2v) is 8.09. The molecule has 16 nitrogen and oxygen atoms in total. The predicted molar refractivity (Wildman–Crippen MR) is 103 cm³/mol. The average molecular weight is 506 g/mol. The van der Waals surface area contributed by atoms with Crippen molar-refractivity contribution in [2.24, 2.45) is 0 Å². The highest BCUT2D eigenvalue weighted by Crippen LogP contribution is 2.30. The Labute approximate surface area is 193 Å². The van der Waals surface area contributed by atoms with Crippen LogP contribution in [0.3, 0.4) is 0 Å². The highest BCUT2D eigenvalue weighted by atomic mass is 16.7. The van der Waals surface area contributed by atoms with Crippen molar-refractivity contribution in [1.29, 1.82) is 0 Å². The third-order valence-electron chi connectivity index (χ3n) is 5.76. The van der Waals surface area contributed by atoms with Crippen molar-refractivity contribution in [3.8, 4) is 0 Å². The number of ether oxygens (including phenoxy) is 4. The smallest absolute Gasteiger partial charge is 0.187 e. The first-order valence-electron chi connectivity index (χ1n) is 10.5. The highest BCUT2D eigenvalue weighted by Gasteiger charge is 2.51. The quantitative estimate of drug-likeness (QED) is 0.124. The van der Waals surface area contributed by atoms with Crippen molar-refractivity contribution in [3.63, 3.8) is 0 Å². The van der Waals surface area contributed by atoms with E-state index in [0.717, 1.165) is 0 Å². The highest BCUT2D eigenvalue weighted by molar-refractivity contribution is 4.94. The summed E-state index contributed by atoms with van der Waals surface area (Å²) in [4.78, 5) is 0. The van der Waals surface area contributed by atoms with E-state index in [2.05, 4.69) is 0 Å². The van der Waals surface area contributed by atoms with Gasteiger partial charge in [-0.3, -0.25) is 0 Å². The number of rotatable bonds is 11. The lowest BCUT2D eigenvalue weighted by Crippen LogP contribution is -2.65. The topological polar surface area (TPSA) is 280 Å². The zero-order chi connectivity index (χ0) is 25.7. The molecule has 0 aromatic carbocycles. The molecule has 0 aromatic rings. The predicted octanol–water partition coefficient (Wildman–Crippen LogP) is -7.94. The third kappa shape index (κ3) is 6.37. The lowest BCUT2D eigenvalue weighted by molar-refractivity contribution is -0.366. The first-order chi connectivity index (χ1) is 16.0. The van der Waals surface area contributed by atoms with Crippen LogP contribution in [0.4, 0.5) is 0 Å². The molecule has 12 N–H and O–H groups in total. The standard InChI is InChI=1S/C18H34O16/c19-1-5(23)9(24)10(25)6(2-20)31-17-15(30)13(28)16(8(4-22)33-17)34-18-14(29)12(27)11(26)7(3-21)32-18/h5-30H,1-4H2/t5-,6+,7-,8-,9+,10-,11-,12+,13-,14+,15-,16-,17+,18+/m1/s1. The molecule has 2 aliphatic heterocycles. The van der Waals surface area contributed by atoms with E-state index in [4.69, 9.17) is 24.1 Å². The molecule has 2 fully saturated rings. The molecule has 0 aliphatic carbocycles. The van der Waals surface area contributed by atoms with E-state index >= 15 is 0 Å². The van der Waals surface area contributed by atoms with Gasteiger partial charge in [0.2, 0.25) is 0 Å². The van der Waals surface area contributed by atoms with E-state index in [1.807, 2.05) is 0 Å². The molecule has 2 aliphatic rings.